The summed E-state index contributed by atoms with van der Waals surface area (Å²) >= 11 is 0. The van der Waals surface area contributed by atoms with Crippen molar-refractivity contribution in [1.82, 2.24) is 10.6 Å². The zero-order valence-electron chi connectivity index (χ0n) is 16.0. The van der Waals surface area contributed by atoms with E-state index in [1.54, 1.807) is 37.3 Å². The molecule has 2 aromatic rings. The predicted molar refractivity (Wildman–Crippen MR) is 104 cm³/mol. The van der Waals surface area contributed by atoms with Gasteiger partial charge in [0.15, 0.2) is 0 Å². The summed E-state index contributed by atoms with van der Waals surface area (Å²) in [4.78, 5) is 35.9. The SMILES string of the molecule is CCNC(=O)[C@@H](C)NC(=O)c1cccc(-c2ccc(C(=O)OC)cc2C)c1. The number of carbonyl (C=O) groups excluding carboxylic acids is 3. The molecule has 2 N–H and O–H groups in total. The largest absolute Gasteiger partial charge is 0.465 e. The third kappa shape index (κ3) is 4.94. The summed E-state index contributed by atoms with van der Waals surface area (Å²) in [6.07, 6.45) is 0. The van der Waals surface area contributed by atoms with Crippen molar-refractivity contribution in [3.63, 3.8) is 0 Å². The molecule has 0 aliphatic carbocycles. The highest BCUT2D eigenvalue weighted by Gasteiger charge is 2.16. The number of nitrogens with one attached hydrogen (secondary N) is 2. The minimum atomic E-state index is -0.623. The van der Waals surface area contributed by atoms with Crippen LogP contribution in [0.1, 0.15) is 40.1 Å². The number of likely N-dealkylation sites (N-methyl/N-ethyl adjacent to an activating group) is 1. The summed E-state index contributed by atoms with van der Waals surface area (Å²) in [5.41, 5.74) is 3.59. The van der Waals surface area contributed by atoms with Crippen molar-refractivity contribution >= 4 is 17.8 Å². The van der Waals surface area contributed by atoms with E-state index in [0.29, 0.717) is 17.7 Å². The Morgan fingerprint density at radius 2 is 1.81 bits per heavy atom. The maximum Gasteiger partial charge on any atom is 0.337 e. The number of carbonyl (C=O) groups is 3. The summed E-state index contributed by atoms with van der Waals surface area (Å²) in [5, 5.41) is 5.37. The second-order valence-corrected chi connectivity index (χ2v) is 6.19. The van der Waals surface area contributed by atoms with Crippen LogP contribution < -0.4 is 10.6 Å². The number of esters is 1. The molecule has 0 saturated heterocycles. The van der Waals surface area contributed by atoms with Crippen LogP contribution in [0.5, 0.6) is 0 Å². The van der Waals surface area contributed by atoms with Gasteiger partial charge in [-0.25, -0.2) is 4.79 Å². The average molecular weight is 368 g/mol. The molecule has 0 bridgehead atoms. The highest BCUT2D eigenvalue weighted by Crippen LogP contribution is 2.25. The fraction of sp³-hybridized carbons (Fsp3) is 0.286. The summed E-state index contributed by atoms with van der Waals surface area (Å²) in [7, 11) is 1.34. The van der Waals surface area contributed by atoms with Gasteiger partial charge in [-0.2, -0.15) is 0 Å². The predicted octanol–water partition coefficient (Wildman–Crippen LogP) is 2.70. The van der Waals surface area contributed by atoms with Crippen LogP contribution in [0.4, 0.5) is 0 Å². The molecule has 0 saturated carbocycles. The van der Waals surface area contributed by atoms with Gasteiger partial charge >= 0.3 is 5.97 Å². The molecular weight excluding hydrogens is 344 g/mol. The van der Waals surface area contributed by atoms with Gasteiger partial charge in [-0.1, -0.05) is 18.2 Å². The standard InChI is InChI=1S/C21H24N2O4/c1-5-22-19(24)14(3)23-20(25)16-8-6-7-15(12-16)18-10-9-17(11-13(18)2)21(26)27-4/h6-12,14H,5H2,1-4H3,(H,22,24)(H,23,25)/t14-/m1/s1. The molecule has 0 fully saturated rings. The Bertz CT molecular complexity index is 861. The molecule has 1 atom stereocenters. The summed E-state index contributed by atoms with van der Waals surface area (Å²) < 4.78 is 4.74. The molecule has 0 heterocycles. The molecule has 0 aromatic heterocycles. The minimum absolute atomic E-state index is 0.226. The van der Waals surface area contributed by atoms with Gasteiger partial charge in [-0.05, 0) is 61.7 Å². The van der Waals surface area contributed by atoms with Crippen molar-refractivity contribution < 1.29 is 19.1 Å². The molecule has 0 spiro atoms. The minimum Gasteiger partial charge on any atom is -0.465 e. The van der Waals surface area contributed by atoms with E-state index in [1.807, 2.05) is 26.0 Å². The molecule has 0 unspecified atom stereocenters. The number of hydrogen-bond acceptors (Lipinski definition) is 4. The number of rotatable bonds is 6. The molecule has 2 rings (SSSR count). The molecule has 6 nitrogen and oxygen atoms in total. The second kappa shape index (κ2) is 8.98. The Morgan fingerprint density at radius 3 is 2.44 bits per heavy atom. The van der Waals surface area contributed by atoms with E-state index in [4.69, 9.17) is 4.74 Å². The van der Waals surface area contributed by atoms with Gasteiger partial charge in [-0.15, -0.1) is 0 Å². The van der Waals surface area contributed by atoms with Crippen LogP contribution in [0.15, 0.2) is 42.5 Å². The monoisotopic (exact) mass is 368 g/mol. The Labute approximate surface area is 158 Å². The van der Waals surface area contributed by atoms with Crippen molar-refractivity contribution in [3.8, 4) is 11.1 Å². The van der Waals surface area contributed by atoms with Gasteiger partial charge in [0.1, 0.15) is 6.04 Å². The van der Waals surface area contributed by atoms with Gasteiger partial charge in [0, 0.05) is 12.1 Å². The van der Waals surface area contributed by atoms with Gasteiger partial charge in [-0.3, -0.25) is 9.59 Å². The molecule has 0 aliphatic heterocycles. The Hall–Kier alpha value is -3.15. The van der Waals surface area contributed by atoms with E-state index >= 15 is 0 Å². The number of methoxy groups -OCH3 is 1. The number of amides is 2. The van der Waals surface area contributed by atoms with Crippen molar-refractivity contribution in [2.75, 3.05) is 13.7 Å². The number of ether oxygens (including phenoxy) is 1. The molecule has 0 radical (unpaired) electrons. The lowest BCUT2D eigenvalue weighted by Crippen LogP contribution is -2.44. The molecule has 0 aliphatic rings. The first-order valence-corrected chi connectivity index (χ1v) is 8.75. The van der Waals surface area contributed by atoms with E-state index in [9.17, 15) is 14.4 Å². The molecular formula is C21H24N2O4. The lowest BCUT2D eigenvalue weighted by atomic mass is 9.97. The smallest absolute Gasteiger partial charge is 0.337 e. The Balaban J connectivity index is 2.23. The van der Waals surface area contributed by atoms with Gasteiger partial charge < -0.3 is 15.4 Å². The van der Waals surface area contributed by atoms with Gasteiger partial charge in [0.25, 0.3) is 5.91 Å². The number of benzene rings is 2. The molecule has 142 valence electrons. The third-order valence-electron chi connectivity index (χ3n) is 4.18. The lowest BCUT2D eigenvalue weighted by Gasteiger charge is -2.14. The van der Waals surface area contributed by atoms with Crippen LogP contribution in [0, 0.1) is 6.92 Å². The quantitative estimate of drug-likeness (QED) is 0.768. The Kier molecular flexibility index (Phi) is 6.71. The van der Waals surface area contributed by atoms with Crippen LogP contribution in [-0.2, 0) is 9.53 Å². The Morgan fingerprint density at radius 1 is 1.07 bits per heavy atom. The summed E-state index contributed by atoms with van der Waals surface area (Å²) in [6, 6.07) is 11.8. The number of hydrogen-bond donors (Lipinski definition) is 2. The molecule has 27 heavy (non-hydrogen) atoms. The van der Waals surface area contributed by atoms with Crippen LogP contribution in [0.2, 0.25) is 0 Å². The highest BCUT2D eigenvalue weighted by molar-refractivity contribution is 5.98. The van der Waals surface area contributed by atoms with E-state index in [-0.39, 0.29) is 11.8 Å². The van der Waals surface area contributed by atoms with E-state index in [0.717, 1.165) is 16.7 Å². The lowest BCUT2D eigenvalue weighted by molar-refractivity contribution is -0.122. The number of aryl methyl sites for hydroxylation is 1. The molecule has 2 amide bonds. The zero-order chi connectivity index (χ0) is 20.0. The average Bonchev–Trinajstić information content (AvgIpc) is 2.67. The van der Waals surface area contributed by atoms with Gasteiger partial charge in [0.05, 0.1) is 12.7 Å². The van der Waals surface area contributed by atoms with E-state index in [1.165, 1.54) is 7.11 Å². The van der Waals surface area contributed by atoms with Crippen molar-refractivity contribution in [2.24, 2.45) is 0 Å². The second-order valence-electron chi connectivity index (χ2n) is 6.19. The molecule has 6 heteroatoms. The molecule has 2 aromatic carbocycles. The topological polar surface area (TPSA) is 84.5 Å². The van der Waals surface area contributed by atoms with Crippen molar-refractivity contribution in [1.29, 1.82) is 0 Å². The highest BCUT2D eigenvalue weighted by atomic mass is 16.5. The fourth-order valence-corrected chi connectivity index (χ4v) is 2.73. The van der Waals surface area contributed by atoms with Crippen LogP contribution in [0.3, 0.4) is 0 Å². The first-order chi connectivity index (χ1) is 12.9. The maximum atomic E-state index is 12.5. The zero-order valence-corrected chi connectivity index (χ0v) is 16.0. The first-order valence-electron chi connectivity index (χ1n) is 8.75. The summed E-state index contributed by atoms with van der Waals surface area (Å²) in [6.45, 7) is 5.87. The third-order valence-corrected chi connectivity index (χ3v) is 4.18. The summed E-state index contributed by atoms with van der Waals surface area (Å²) in [5.74, 6) is -0.937. The van der Waals surface area contributed by atoms with Crippen LogP contribution >= 0.6 is 0 Å². The van der Waals surface area contributed by atoms with E-state index < -0.39 is 12.0 Å². The van der Waals surface area contributed by atoms with Crippen molar-refractivity contribution in [3.05, 3.63) is 59.2 Å². The normalized spacial score (nSPS) is 11.4. The first kappa shape index (κ1) is 20.2. The van der Waals surface area contributed by atoms with Crippen LogP contribution in [0.25, 0.3) is 11.1 Å². The fourth-order valence-electron chi connectivity index (χ4n) is 2.73. The van der Waals surface area contributed by atoms with E-state index in [2.05, 4.69) is 10.6 Å². The van der Waals surface area contributed by atoms with Crippen LogP contribution in [-0.4, -0.2) is 37.5 Å². The van der Waals surface area contributed by atoms with Gasteiger partial charge in [0.2, 0.25) is 5.91 Å². The maximum absolute atomic E-state index is 12.5. The van der Waals surface area contributed by atoms with Crippen molar-refractivity contribution in [2.45, 2.75) is 26.8 Å².